The first kappa shape index (κ1) is 16.9. The molecule has 1 rings (SSSR count). The number of halogens is 2. The van der Waals surface area contributed by atoms with Crippen LogP contribution in [0.5, 0.6) is 5.75 Å². The monoisotopic (exact) mass is 303 g/mol. The van der Waals surface area contributed by atoms with Gasteiger partial charge in [0.2, 0.25) is 0 Å². The molecular weight excluding hydrogens is 280 g/mol. The zero-order valence-electron chi connectivity index (χ0n) is 12.7. The van der Waals surface area contributed by atoms with E-state index in [-0.39, 0.29) is 17.4 Å². The van der Waals surface area contributed by atoms with Crippen LogP contribution in [0.4, 0.5) is 14.5 Å². The summed E-state index contributed by atoms with van der Waals surface area (Å²) in [5, 5.41) is 0.0601. The van der Waals surface area contributed by atoms with Gasteiger partial charge in [0, 0.05) is 17.3 Å². The lowest BCUT2D eigenvalue weighted by molar-refractivity contribution is -0.0508. The molecule has 0 unspecified atom stereocenters. The lowest BCUT2D eigenvalue weighted by Gasteiger charge is -2.36. The zero-order chi connectivity index (χ0) is 15.6. The van der Waals surface area contributed by atoms with Crippen LogP contribution in [-0.2, 0) is 11.0 Å². The third-order valence-corrected chi connectivity index (χ3v) is 8.18. The van der Waals surface area contributed by atoms with E-state index in [0.717, 1.165) is 0 Å². The fourth-order valence-electron chi connectivity index (χ4n) is 1.37. The number of nitrogen functional groups attached to an aromatic ring is 1. The minimum Gasteiger partial charge on any atom is -0.434 e. The maximum atomic E-state index is 12.4. The molecule has 0 bridgehead atoms. The summed E-state index contributed by atoms with van der Waals surface area (Å²) < 4.78 is 35.3. The van der Waals surface area contributed by atoms with Crippen molar-refractivity contribution in [3.05, 3.63) is 23.8 Å². The fourth-order valence-corrected chi connectivity index (χ4v) is 2.32. The maximum absolute atomic E-state index is 12.4. The first-order chi connectivity index (χ1) is 9.03. The summed E-state index contributed by atoms with van der Waals surface area (Å²) in [4.78, 5) is 0. The average molecular weight is 303 g/mol. The predicted molar refractivity (Wildman–Crippen MR) is 79.5 cm³/mol. The van der Waals surface area contributed by atoms with E-state index in [1.54, 1.807) is 12.1 Å². The number of ether oxygens (including phenoxy) is 1. The molecule has 2 N–H and O–H groups in total. The number of hydrogen-bond donors (Lipinski definition) is 1. The predicted octanol–water partition coefficient (Wildman–Crippen LogP) is 4.39. The van der Waals surface area contributed by atoms with Crippen LogP contribution in [0, 0.1) is 0 Å². The third-order valence-electron chi connectivity index (χ3n) is 3.70. The van der Waals surface area contributed by atoms with Crippen molar-refractivity contribution in [2.24, 2.45) is 0 Å². The van der Waals surface area contributed by atoms with Crippen LogP contribution >= 0.6 is 0 Å². The van der Waals surface area contributed by atoms with Gasteiger partial charge in [0.15, 0.2) is 8.32 Å². The van der Waals surface area contributed by atoms with Crippen molar-refractivity contribution in [3.8, 4) is 5.75 Å². The van der Waals surface area contributed by atoms with Gasteiger partial charge in [-0.3, -0.25) is 0 Å². The summed E-state index contributed by atoms with van der Waals surface area (Å²) in [7, 11) is -1.94. The quantitative estimate of drug-likeness (QED) is 0.648. The molecule has 0 atom stereocenters. The van der Waals surface area contributed by atoms with Gasteiger partial charge in [0.05, 0.1) is 6.61 Å². The second-order valence-electron chi connectivity index (χ2n) is 6.29. The van der Waals surface area contributed by atoms with E-state index in [4.69, 9.17) is 10.2 Å². The Balaban J connectivity index is 2.87. The summed E-state index contributed by atoms with van der Waals surface area (Å²) >= 11 is 0. The van der Waals surface area contributed by atoms with Crippen molar-refractivity contribution >= 4 is 14.0 Å². The summed E-state index contributed by atoms with van der Waals surface area (Å²) in [5.74, 6) is 0.0821. The van der Waals surface area contributed by atoms with E-state index in [2.05, 4.69) is 38.6 Å². The van der Waals surface area contributed by atoms with Gasteiger partial charge in [-0.05, 0) is 24.2 Å². The number of alkyl halides is 2. The molecule has 0 aliphatic carbocycles. The first-order valence-corrected chi connectivity index (χ1v) is 9.41. The van der Waals surface area contributed by atoms with Crippen molar-refractivity contribution in [3.63, 3.8) is 0 Å². The molecule has 0 saturated carbocycles. The van der Waals surface area contributed by atoms with Crippen LogP contribution in [0.3, 0.4) is 0 Å². The summed E-state index contributed by atoms with van der Waals surface area (Å²) in [6.45, 7) is 7.97. The summed E-state index contributed by atoms with van der Waals surface area (Å²) in [5.41, 5.74) is 6.57. The zero-order valence-corrected chi connectivity index (χ0v) is 13.7. The number of anilines is 1. The van der Waals surface area contributed by atoms with E-state index < -0.39 is 14.9 Å². The van der Waals surface area contributed by atoms with E-state index >= 15 is 0 Å². The Hall–Kier alpha value is -1.14. The molecule has 0 aliphatic heterocycles. The lowest BCUT2D eigenvalue weighted by Crippen LogP contribution is -2.40. The Kier molecular flexibility index (Phi) is 5.15. The highest BCUT2D eigenvalue weighted by atomic mass is 28.4. The van der Waals surface area contributed by atoms with Crippen LogP contribution in [0.15, 0.2) is 18.2 Å². The van der Waals surface area contributed by atoms with E-state index in [1.165, 1.54) is 6.07 Å². The molecular formula is C14H23F2NO2Si. The van der Waals surface area contributed by atoms with Crippen LogP contribution in [0.1, 0.15) is 26.3 Å². The maximum Gasteiger partial charge on any atom is 0.387 e. The van der Waals surface area contributed by atoms with Crippen molar-refractivity contribution in [1.29, 1.82) is 0 Å². The van der Waals surface area contributed by atoms with Crippen LogP contribution in [0.2, 0.25) is 18.1 Å². The average Bonchev–Trinajstić information content (AvgIpc) is 2.25. The molecule has 0 saturated heterocycles. The van der Waals surface area contributed by atoms with Crippen molar-refractivity contribution in [2.45, 2.75) is 52.1 Å². The minimum absolute atomic E-state index is 0.0601. The molecule has 20 heavy (non-hydrogen) atoms. The Morgan fingerprint density at radius 3 is 2.35 bits per heavy atom. The van der Waals surface area contributed by atoms with Crippen molar-refractivity contribution in [1.82, 2.24) is 0 Å². The van der Waals surface area contributed by atoms with Gasteiger partial charge in [0.1, 0.15) is 5.75 Å². The number of benzene rings is 1. The van der Waals surface area contributed by atoms with Crippen LogP contribution in [0.25, 0.3) is 0 Å². The van der Waals surface area contributed by atoms with Gasteiger partial charge in [-0.25, -0.2) is 0 Å². The van der Waals surface area contributed by atoms with Gasteiger partial charge in [-0.15, -0.1) is 0 Å². The molecule has 0 heterocycles. The highest BCUT2D eigenvalue weighted by Gasteiger charge is 2.37. The highest BCUT2D eigenvalue weighted by molar-refractivity contribution is 6.74. The lowest BCUT2D eigenvalue weighted by atomic mass is 10.2. The van der Waals surface area contributed by atoms with Crippen molar-refractivity contribution < 1.29 is 17.9 Å². The minimum atomic E-state index is -2.87. The van der Waals surface area contributed by atoms with E-state index in [0.29, 0.717) is 11.3 Å². The Morgan fingerprint density at radius 1 is 1.25 bits per heavy atom. The number of nitrogens with two attached hydrogens (primary N) is 1. The molecule has 0 spiro atoms. The largest absolute Gasteiger partial charge is 0.434 e. The van der Waals surface area contributed by atoms with Gasteiger partial charge >= 0.3 is 6.61 Å². The molecule has 0 aliphatic rings. The normalized spacial score (nSPS) is 12.8. The molecule has 3 nitrogen and oxygen atoms in total. The standard InChI is InChI=1S/C14H23F2NO2Si/c1-14(2,3)20(4,5)18-9-10-6-7-11(17)8-12(10)19-13(15)16/h6-8,13H,9,17H2,1-5H3. The molecule has 114 valence electrons. The molecule has 0 aromatic heterocycles. The Labute approximate surface area is 120 Å². The first-order valence-electron chi connectivity index (χ1n) is 6.50. The van der Waals surface area contributed by atoms with Gasteiger partial charge in [-0.2, -0.15) is 8.78 Å². The van der Waals surface area contributed by atoms with Gasteiger partial charge < -0.3 is 14.9 Å². The summed E-state index contributed by atoms with van der Waals surface area (Å²) in [6, 6.07) is 4.72. The third kappa shape index (κ3) is 4.45. The second-order valence-corrected chi connectivity index (χ2v) is 11.1. The smallest absolute Gasteiger partial charge is 0.387 e. The SMILES string of the molecule is CC(C)(C)[Si](C)(C)OCc1ccc(N)cc1OC(F)F. The second kappa shape index (κ2) is 6.09. The molecule has 1 aromatic carbocycles. The molecule has 0 amide bonds. The molecule has 1 aromatic rings. The van der Waals surface area contributed by atoms with E-state index in [1.807, 2.05) is 0 Å². The van der Waals surface area contributed by atoms with Crippen LogP contribution in [-0.4, -0.2) is 14.9 Å². The highest BCUT2D eigenvalue weighted by Crippen LogP contribution is 2.37. The molecule has 0 fully saturated rings. The molecule has 0 radical (unpaired) electrons. The van der Waals surface area contributed by atoms with E-state index in [9.17, 15) is 8.78 Å². The number of rotatable bonds is 5. The van der Waals surface area contributed by atoms with Gasteiger partial charge in [-0.1, -0.05) is 26.8 Å². The number of hydrogen-bond acceptors (Lipinski definition) is 3. The topological polar surface area (TPSA) is 44.5 Å². The van der Waals surface area contributed by atoms with Gasteiger partial charge in [0.25, 0.3) is 0 Å². The Morgan fingerprint density at radius 2 is 1.85 bits per heavy atom. The van der Waals surface area contributed by atoms with Crippen LogP contribution < -0.4 is 10.5 Å². The summed E-state index contributed by atoms with van der Waals surface area (Å²) in [6.07, 6.45) is 0. The fraction of sp³-hybridized carbons (Fsp3) is 0.571. The Bertz CT molecular complexity index is 459. The molecule has 6 heteroatoms. The van der Waals surface area contributed by atoms with Crippen molar-refractivity contribution in [2.75, 3.05) is 5.73 Å².